The molecule has 1 unspecified atom stereocenters. The zero-order valence-electron chi connectivity index (χ0n) is 13.7. The quantitative estimate of drug-likeness (QED) is 0.865. The van der Waals surface area contributed by atoms with Crippen molar-refractivity contribution < 1.29 is 9.90 Å². The molecule has 0 aromatic heterocycles. The molecule has 22 heavy (non-hydrogen) atoms. The number of ketones is 1. The topological polar surface area (TPSA) is 43.8 Å². The third-order valence-electron chi connectivity index (χ3n) is 6.57. The summed E-state index contributed by atoms with van der Waals surface area (Å²) >= 11 is 0. The number of Topliss-reactive ketones (excluding diaryl/α,β-unsaturated/α-hetero) is 1. The van der Waals surface area contributed by atoms with Gasteiger partial charge in [0, 0.05) is 25.2 Å². The van der Waals surface area contributed by atoms with E-state index < -0.39 is 5.60 Å². The van der Waals surface area contributed by atoms with Gasteiger partial charge in [0.2, 0.25) is 0 Å². The standard InChI is InChI=1S/C18H30N2O2/c21-16-11-20(15-9-5-2-6-10-15)17(16)18(22)12-19(13-18)14-7-3-1-4-8-14/h14-15,17,22H,1-13H2. The number of hydrogen-bond donors (Lipinski definition) is 1. The second-order valence-electron chi connectivity index (χ2n) is 8.13. The molecule has 1 atom stereocenters. The van der Waals surface area contributed by atoms with Crippen LogP contribution in [0.2, 0.25) is 0 Å². The molecule has 0 bridgehead atoms. The van der Waals surface area contributed by atoms with Gasteiger partial charge in [-0.2, -0.15) is 0 Å². The van der Waals surface area contributed by atoms with Crippen molar-refractivity contribution in [2.45, 2.75) is 87.9 Å². The van der Waals surface area contributed by atoms with Crippen LogP contribution in [0.15, 0.2) is 0 Å². The van der Waals surface area contributed by atoms with Gasteiger partial charge in [0.15, 0.2) is 5.78 Å². The van der Waals surface area contributed by atoms with Gasteiger partial charge in [0.25, 0.3) is 0 Å². The van der Waals surface area contributed by atoms with Crippen molar-refractivity contribution in [1.82, 2.24) is 9.80 Å². The largest absolute Gasteiger partial charge is 0.385 e. The fraction of sp³-hybridized carbons (Fsp3) is 0.944. The van der Waals surface area contributed by atoms with Gasteiger partial charge < -0.3 is 5.11 Å². The minimum atomic E-state index is -0.760. The second kappa shape index (κ2) is 5.88. The molecule has 2 aliphatic carbocycles. The zero-order chi connectivity index (χ0) is 15.2. The molecular formula is C18H30N2O2. The van der Waals surface area contributed by atoms with E-state index in [-0.39, 0.29) is 11.8 Å². The van der Waals surface area contributed by atoms with Gasteiger partial charge in [-0.1, -0.05) is 38.5 Å². The van der Waals surface area contributed by atoms with Crippen LogP contribution < -0.4 is 0 Å². The van der Waals surface area contributed by atoms with Gasteiger partial charge in [-0.15, -0.1) is 0 Å². The lowest BCUT2D eigenvalue weighted by Gasteiger charge is -2.60. The molecule has 2 saturated carbocycles. The summed E-state index contributed by atoms with van der Waals surface area (Å²) in [6, 6.07) is 1.01. The lowest BCUT2D eigenvalue weighted by Crippen LogP contribution is -2.80. The van der Waals surface area contributed by atoms with Crippen LogP contribution in [0.3, 0.4) is 0 Å². The summed E-state index contributed by atoms with van der Waals surface area (Å²) in [5.74, 6) is 0.274. The number of aliphatic hydroxyl groups is 1. The van der Waals surface area contributed by atoms with Crippen LogP contribution in [-0.2, 0) is 4.79 Å². The predicted molar refractivity (Wildman–Crippen MR) is 85.8 cm³/mol. The Morgan fingerprint density at radius 2 is 1.41 bits per heavy atom. The van der Waals surface area contributed by atoms with Crippen molar-refractivity contribution in [3.05, 3.63) is 0 Å². The summed E-state index contributed by atoms with van der Waals surface area (Å²) in [7, 11) is 0. The SMILES string of the molecule is O=C1CN(C2CCCCC2)C1C1(O)CN(C2CCCCC2)C1. The Morgan fingerprint density at radius 1 is 0.864 bits per heavy atom. The maximum Gasteiger partial charge on any atom is 0.166 e. The first-order valence-corrected chi connectivity index (χ1v) is 9.42. The van der Waals surface area contributed by atoms with Crippen LogP contribution in [0, 0.1) is 0 Å². The molecule has 0 spiro atoms. The average molecular weight is 306 g/mol. The van der Waals surface area contributed by atoms with Crippen molar-refractivity contribution >= 4 is 5.78 Å². The Bertz CT molecular complexity index is 421. The highest BCUT2D eigenvalue weighted by molar-refractivity contribution is 5.93. The number of carbonyl (C=O) groups is 1. The van der Waals surface area contributed by atoms with E-state index in [4.69, 9.17) is 0 Å². The molecule has 4 nitrogen and oxygen atoms in total. The normalized spacial score (nSPS) is 35.1. The molecule has 0 aromatic rings. The van der Waals surface area contributed by atoms with Crippen LogP contribution in [0.4, 0.5) is 0 Å². The maximum atomic E-state index is 12.2. The van der Waals surface area contributed by atoms with Gasteiger partial charge in [-0.05, 0) is 25.7 Å². The molecule has 4 aliphatic rings. The van der Waals surface area contributed by atoms with E-state index in [0.29, 0.717) is 18.6 Å². The van der Waals surface area contributed by atoms with Crippen LogP contribution >= 0.6 is 0 Å². The minimum absolute atomic E-state index is 0.199. The van der Waals surface area contributed by atoms with E-state index in [9.17, 15) is 9.90 Å². The number of rotatable bonds is 3. The van der Waals surface area contributed by atoms with Gasteiger partial charge in [0.1, 0.15) is 11.6 Å². The molecule has 2 aliphatic heterocycles. The van der Waals surface area contributed by atoms with Gasteiger partial charge in [-0.25, -0.2) is 0 Å². The van der Waals surface area contributed by atoms with Gasteiger partial charge in [0.05, 0.1) is 6.54 Å². The summed E-state index contributed by atoms with van der Waals surface area (Å²) in [6.07, 6.45) is 12.9. The first-order chi connectivity index (χ1) is 10.7. The van der Waals surface area contributed by atoms with Crippen LogP contribution in [0.1, 0.15) is 64.2 Å². The molecule has 4 rings (SSSR count). The lowest BCUT2D eigenvalue weighted by atomic mass is 9.74. The maximum absolute atomic E-state index is 12.2. The van der Waals surface area contributed by atoms with E-state index in [1.165, 1.54) is 64.2 Å². The third-order valence-corrected chi connectivity index (χ3v) is 6.57. The summed E-state index contributed by atoms with van der Waals surface area (Å²) in [5.41, 5.74) is -0.760. The Labute approximate surface area is 133 Å². The van der Waals surface area contributed by atoms with Gasteiger partial charge in [-0.3, -0.25) is 14.6 Å². The average Bonchev–Trinajstić information content (AvgIpc) is 2.51. The first kappa shape index (κ1) is 15.1. The molecule has 4 heteroatoms. The Hall–Kier alpha value is -0.450. The number of likely N-dealkylation sites (tertiary alicyclic amines) is 2. The Kier molecular flexibility index (Phi) is 4.04. The Morgan fingerprint density at radius 3 is 1.95 bits per heavy atom. The van der Waals surface area contributed by atoms with Crippen LogP contribution in [0.5, 0.6) is 0 Å². The predicted octanol–water partition coefficient (Wildman–Crippen LogP) is 1.95. The fourth-order valence-corrected chi connectivity index (χ4v) is 5.33. The van der Waals surface area contributed by atoms with Crippen molar-refractivity contribution in [3.8, 4) is 0 Å². The molecular weight excluding hydrogens is 276 g/mol. The van der Waals surface area contributed by atoms with Crippen molar-refractivity contribution in [1.29, 1.82) is 0 Å². The molecule has 0 aromatic carbocycles. The monoisotopic (exact) mass is 306 g/mol. The Balaban J connectivity index is 1.37. The minimum Gasteiger partial charge on any atom is -0.385 e. The molecule has 2 saturated heterocycles. The molecule has 4 fully saturated rings. The molecule has 124 valence electrons. The van der Waals surface area contributed by atoms with E-state index in [0.717, 1.165) is 13.1 Å². The molecule has 0 radical (unpaired) electrons. The fourth-order valence-electron chi connectivity index (χ4n) is 5.33. The highest BCUT2D eigenvalue weighted by Crippen LogP contribution is 2.39. The molecule has 0 amide bonds. The number of hydrogen-bond acceptors (Lipinski definition) is 4. The summed E-state index contributed by atoms with van der Waals surface area (Å²) in [4.78, 5) is 17.0. The van der Waals surface area contributed by atoms with E-state index >= 15 is 0 Å². The van der Waals surface area contributed by atoms with Gasteiger partial charge >= 0.3 is 0 Å². The van der Waals surface area contributed by atoms with E-state index in [1.807, 2.05) is 0 Å². The summed E-state index contributed by atoms with van der Waals surface area (Å²) in [5, 5.41) is 11.0. The van der Waals surface area contributed by atoms with Crippen LogP contribution in [-0.4, -0.2) is 64.1 Å². The molecule has 2 heterocycles. The smallest absolute Gasteiger partial charge is 0.166 e. The van der Waals surface area contributed by atoms with E-state index in [1.54, 1.807) is 0 Å². The number of nitrogens with zero attached hydrogens (tertiary/aromatic N) is 2. The number of β-amino-alcohol motifs (C(OH)–C–C–N with tert-alkyl or cyclic N) is 1. The number of carbonyl (C=O) groups excluding carboxylic acids is 1. The highest BCUT2D eigenvalue weighted by Gasteiger charge is 2.59. The van der Waals surface area contributed by atoms with Crippen molar-refractivity contribution in [2.24, 2.45) is 0 Å². The lowest BCUT2D eigenvalue weighted by molar-refractivity contribution is -0.195. The summed E-state index contributed by atoms with van der Waals surface area (Å²) < 4.78 is 0. The second-order valence-corrected chi connectivity index (χ2v) is 8.13. The van der Waals surface area contributed by atoms with Crippen LogP contribution in [0.25, 0.3) is 0 Å². The zero-order valence-corrected chi connectivity index (χ0v) is 13.7. The third kappa shape index (κ3) is 2.53. The highest BCUT2D eigenvalue weighted by atomic mass is 16.3. The van der Waals surface area contributed by atoms with E-state index in [2.05, 4.69) is 9.80 Å². The van der Waals surface area contributed by atoms with Crippen molar-refractivity contribution in [3.63, 3.8) is 0 Å². The molecule has 1 N–H and O–H groups in total. The van der Waals surface area contributed by atoms with Crippen molar-refractivity contribution in [2.75, 3.05) is 19.6 Å². The first-order valence-electron chi connectivity index (χ1n) is 9.42. The summed E-state index contributed by atoms with van der Waals surface area (Å²) in [6.45, 7) is 2.02.